The fourth-order valence-electron chi connectivity index (χ4n) is 4.85. The summed E-state index contributed by atoms with van der Waals surface area (Å²) >= 11 is 0. The second-order valence-electron chi connectivity index (χ2n) is 10.9. The van der Waals surface area contributed by atoms with Gasteiger partial charge in [-0.05, 0) is 105 Å². The second-order valence-corrected chi connectivity index (χ2v) is 10.9. The molecule has 0 unspecified atom stereocenters. The van der Waals surface area contributed by atoms with E-state index in [1.165, 1.54) is 36.8 Å². The number of rotatable bonds is 20. The first-order valence-corrected chi connectivity index (χ1v) is 15.7. The average molecular weight is 535 g/mol. The molecule has 4 nitrogen and oxygen atoms in total. The zero-order valence-electron chi connectivity index (χ0n) is 25.3. The average Bonchev–Trinajstić information content (AvgIpc) is 2.94. The molecule has 0 amide bonds. The Balaban J connectivity index is 1.87. The van der Waals surface area contributed by atoms with Crippen molar-refractivity contribution in [3.05, 3.63) is 57.6 Å². The Morgan fingerprint density at radius 3 is 1.28 bits per heavy atom. The molecule has 4 heteroatoms. The highest BCUT2D eigenvalue weighted by molar-refractivity contribution is 5.85. The molecule has 2 aromatic rings. The molecule has 39 heavy (non-hydrogen) atoms. The van der Waals surface area contributed by atoms with Crippen LogP contribution in [0.2, 0.25) is 0 Å². The van der Waals surface area contributed by atoms with Crippen molar-refractivity contribution < 1.29 is 10.2 Å². The smallest absolute Gasteiger partial charge is 0.127 e. The highest BCUT2D eigenvalue weighted by Gasteiger charge is 2.10. The Bertz CT molecular complexity index is 944. The standard InChI is InChI=1S/C35H54N2O2/c1-5-9-16-28-22-30(18-11-7-3)34(38)32(24-28)26-36-20-14-13-15-21-37-27-33-25-29(17-10-6-2)23-31(35(33)39)19-12-8-4/h22-27,38-39H,5-21H2,1-4H3. The van der Waals surface area contributed by atoms with Crippen molar-refractivity contribution in [3.63, 3.8) is 0 Å². The second kappa shape index (κ2) is 19.4. The van der Waals surface area contributed by atoms with Crippen LogP contribution in [0, 0.1) is 0 Å². The van der Waals surface area contributed by atoms with Crippen molar-refractivity contribution in [3.8, 4) is 11.5 Å². The van der Waals surface area contributed by atoms with Crippen LogP contribution in [0.15, 0.2) is 34.3 Å². The van der Waals surface area contributed by atoms with Gasteiger partial charge in [0.25, 0.3) is 0 Å². The van der Waals surface area contributed by atoms with Gasteiger partial charge in [0.2, 0.25) is 0 Å². The summed E-state index contributed by atoms with van der Waals surface area (Å²) in [7, 11) is 0. The first-order valence-electron chi connectivity index (χ1n) is 15.7. The SMILES string of the molecule is CCCCc1cc(C=NCCCCCN=Cc2cc(CCCC)cc(CCCC)c2O)c(O)c(CCCC)c1. The van der Waals surface area contributed by atoms with Gasteiger partial charge >= 0.3 is 0 Å². The molecule has 2 aromatic carbocycles. The quantitative estimate of drug-likeness (QED) is 0.131. The topological polar surface area (TPSA) is 65.2 Å². The summed E-state index contributed by atoms with van der Waals surface area (Å²) in [5, 5.41) is 21.5. The van der Waals surface area contributed by atoms with Gasteiger partial charge in [0.15, 0.2) is 0 Å². The van der Waals surface area contributed by atoms with E-state index in [-0.39, 0.29) is 0 Å². The van der Waals surface area contributed by atoms with Gasteiger partial charge in [-0.2, -0.15) is 0 Å². The van der Waals surface area contributed by atoms with E-state index in [0.29, 0.717) is 11.5 Å². The number of unbranched alkanes of at least 4 members (excludes halogenated alkanes) is 6. The lowest BCUT2D eigenvalue weighted by Gasteiger charge is -2.11. The number of phenolic OH excluding ortho intramolecular Hbond substituents is 2. The van der Waals surface area contributed by atoms with Crippen molar-refractivity contribution in [2.75, 3.05) is 13.1 Å². The van der Waals surface area contributed by atoms with E-state index in [1.807, 2.05) is 12.4 Å². The summed E-state index contributed by atoms with van der Waals surface area (Å²) in [6.07, 6.45) is 19.9. The summed E-state index contributed by atoms with van der Waals surface area (Å²) in [5.41, 5.74) is 6.45. The van der Waals surface area contributed by atoms with Crippen LogP contribution in [0.5, 0.6) is 11.5 Å². The predicted octanol–water partition coefficient (Wildman–Crippen LogP) is 9.18. The fraction of sp³-hybridized carbons (Fsp3) is 0.600. The van der Waals surface area contributed by atoms with Crippen LogP contribution in [0.3, 0.4) is 0 Å². The molecule has 0 bridgehead atoms. The van der Waals surface area contributed by atoms with Crippen LogP contribution < -0.4 is 0 Å². The van der Waals surface area contributed by atoms with Crippen LogP contribution in [0.25, 0.3) is 0 Å². The minimum Gasteiger partial charge on any atom is -0.507 e. The third-order valence-electron chi connectivity index (χ3n) is 7.33. The number of aryl methyl sites for hydroxylation is 4. The molecule has 0 saturated heterocycles. The molecule has 0 radical (unpaired) electrons. The van der Waals surface area contributed by atoms with Gasteiger partial charge in [-0.3, -0.25) is 9.98 Å². The van der Waals surface area contributed by atoms with Crippen LogP contribution in [0.1, 0.15) is 132 Å². The molecule has 0 aliphatic carbocycles. The largest absolute Gasteiger partial charge is 0.507 e. The van der Waals surface area contributed by atoms with Crippen molar-refractivity contribution >= 4 is 12.4 Å². The molecule has 0 aliphatic heterocycles. The predicted molar refractivity (Wildman–Crippen MR) is 169 cm³/mol. The first-order chi connectivity index (χ1) is 19.0. The number of benzene rings is 2. The summed E-state index contributed by atoms with van der Waals surface area (Å²) < 4.78 is 0. The fourth-order valence-corrected chi connectivity index (χ4v) is 4.85. The van der Waals surface area contributed by atoms with E-state index in [4.69, 9.17) is 0 Å². The van der Waals surface area contributed by atoms with E-state index in [9.17, 15) is 10.2 Å². The maximum atomic E-state index is 10.8. The molecule has 0 aromatic heterocycles. The molecule has 2 N–H and O–H groups in total. The van der Waals surface area contributed by atoms with E-state index in [0.717, 1.165) is 106 Å². The molecule has 0 aliphatic rings. The number of hydrogen-bond acceptors (Lipinski definition) is 4. The van der Waals surface area contributed by atoms with Crippen LogP contribution in [-0.4, -0.2) is 35.7 Å². The minimum atomic E-state index is 0.404. The van der Waals surface area contributed by atoms with Crippen LogP contribution in [-0.2, 0) is 25.7 Å². The van der Waals surface area contributed by atoms with E-state index in [2.05, 4.69) is 61.9 Å². The third-order valence-corrected chi connectivity index (χ3v) is 7.33. The molecule has 0 saturated carbocycles. The Morgan fingerprint density at radius 2 is 0.897 bits per heavy atom. The molecular formula is C35H54N2O2. The molecule has 0 heterocycles. The minimum absolute atomic E-state index is 0.404. The Labute approximate surface area is 238 Å². The molecule has 216 valence electrons. The maximum Gasteiger partial charge on any atom is 0.127 e. The normalized spacial score (nSPS) is 11.8. The van der Waals surface area contributed by atoms with Crippen molar-refractivity contribution in [1.82, 2.24) is 0 Å². The van der Waals surface area contributed by atoms with Crippen LogP contribution >= 0.6 is 0 Å². The number of phenols is 2. The maximum absolute atomic E-state index is 10.8. The van der Waals surface area contributed by atoms with Gasteiger partial charge in [0.1, 0.15) is 11.5 Å². The van der Waals surface area contributed by atoms with Crippen molar-refractivity contribution in [2.24, 2.45) is 9.98 Å². The summed E-state index contributed by atoms with van der Waals surface area (Å²) in [6, 6.07) is 8.59. The summed E-state index contributed by atoms with van der Waals surface area (Å²) in [4.78, 5) is 9.27. The number of aromatic hydroxyl groups is 2. The molecule has 2 rings (SSSR count). The van der Waals surface area contributed by atoms with Gasteiger partial charge < -0.3 is 10.2 Å². The number of nitrogens with zero attached hydrogens (tertiary/aromatic N) is 2. The summed E-state index contributed by atoms with van der Waals surface area (Å²) in [6.45, 7) is 10.3. The van der Waals surface area contributed by atoms with E-state index >= 15 is 0 Å². The lowest BCUT2D eigenvalue weighted by molar-refractivity contribution is 0.465. The molecule has 0 spiro atoms. The van der Waals surface area contributed by atoms with E-state index in [1.54, 1.807) is 0 Å². The van der Waals surface area contributed by atoms with Gasteiger partial charge in [-0.1, -0.05) is 65.5 Å². The number of aliphatic imine (C=N–C) groups is 2. The van der Waals surface area contributed by atoms with Gasteiger partial charge in [0.05, 0.1) is 0 Å². The monoisotopic (exact) mass is 534 g/mol. The van der Waals surface area contributed by atoms with Gasteiger partial charge in [-0.25, -0.2) is 0 Å². The lowest BCUT2D eigenvalue weighted by Crippen LogP contribution is -1.97. The van der Waals surface area contributed by atoms with Gasteiger partial charge in [0, 0.05) is 36.6 Å². The Hall–Kier alpha value is -2.62. The molecule has 0 atom stereocenters. The van der Waals surface area contributed by atoms with Gasteiger partial charge in [-0.15, -0.1) is 0 Å². The zero-order chi connectivity index (χ0) is 28.3. The zero-order valence-corrected chi connectivity index (χ0v) is 25.3. The first kappa shape index (κ1) is 32.6. The van der Waals surface area contributed by atoms with Crippen LogP contribution in [0.4, 0.5) is 0 Å². The van der Waals surface area contributed by atoms with Crippen molar-refractivity contribution in [1.29, 1.82) is 0 Å². The van der Waals surface area contributed by atoms with Crippen molar-refractivity contribution in [2.45, 2.75) is 124 Å². The third kappa shape index (κ3) is 12.0. The Morgan fingerprint density at radius 1 is 0.513 bits per heavy atom. The summed E-state index contributed by atoms with van der Waals surface area (Å²) in [5.74, 6) is 0.809. The van der Waals surface area contributed by atoms with E-state index < -0.39 is 0 Å². The Kier molecular flexibility index (Phi) is 16.2. The number of hydrogen-bond donors (Lipinski definition) is 2. The lowest BCUT2D eigenvalue weighted by atomic mass is 9.97. The highest BCUT2D eigenvalue weighted by atomic mass is 16.3. The molecular weight excluding hydrogens is 480 g/mol. The molecule has 0 fully saturated rings. The highest BCUT2D eigenvalue weighted by Crippen LogP contribution is 2.27.